The van der Waals surface area contributed by atoms with E-state index in [0.29, 0.717) is 31.7 Å². The van der Waals surface area contributed by atoms with Gasteiger partial charge in [-0.3, -0.25) is 14.6 Å². The number of nitrogens with one attached hydrogen (secondary N) is 1. The van der Waals surface area contributed by atoms with Gasteiger partial charge in [0, 0.05) is 30.8 Å². The van der Waals surface area contributed by atoms with E-state index >= 15 is 0 Å². The van der Waals surface area contributed by atoms with Crippen LogP contribution in [0.1, 0.15) is 53.2 Å². The number of amides is 2. The fourth-order valence-corrected chi connectivity index (χ4v) is 4.86. The molecule has 12 heteroatoms. The molecule has 1 N–H and O–H groups in total. The number of alkyl halides is 3. The van der Waals surface area contributed by atoms with Gasteiger partial charge in [-0.1, -0.05) is 6.07 Å². The van der Waals surface area contributed by atoms with Crippen molar-refractivity contribution < 1.29 is 35.6 Å². The molecule has 0 unspecified atom stereocenters. The van der Waals surface area contributed by atoms with Crippen LogP contribution in [0.5, 0.6) is 0 Å². The Bertz CT molecular complexity index is 1260. The van der Waals surface area contributed by atoms with Crippen molar-refractivity contribution in [3.8, 4) is 0 Å². The van der Waals surface area contributed by atoms with Gasteiger partial charge >= 0.3 is 6.18 Å². The number of likely N-dealkylation sites (tertiary alicyclic amines) is 1. The monoisotopic (exact) mass is 513 g/mol. The molecule has 2 heterocycles. The lowest BCUT2D eigenvalue weighted by atomic mass is 9.99. The van der Waals surface area contributed by atoms with E-state index in [0.717, 1.165) is 24.6 Å². The van der Waals surface area contributed by atoms with Gasteiger partial charge in [-0.05, 0) is 49.8 Å². The summed E-state index contributed by atoms with van der Waals surface area (Å²) in [6, 6.07) is 1.74. The number of carbonyl (C=O) groups is 2. The van der Waals surface area contributed by atoms with Gasteiger partial charge in [-0.15, -0.1) is 0 Å². The summed E-state index contributed by atoms with van der Waals surface area (Å²) >= 11 is 0. The van der Waals surface area contributed by atoms with E-state index in [1.54, 1.807) is 0 Å². The predicted molar refractivity (Wildman–Crippen MR) is 116 cm³/mol. The van der Waals surface area contributed by atoms with Crippen molar-refractivity contribution in [2.75, 3.05) is 12.8 Å². The van der Waals surface area contributed by atoms with E-state index in [1.165, 1.54) is 17.2 Å². The Morgan fingerprint density at radius 2 is 1.86 bits per heavy atom. The van der Waals surface area contributed by atoms with Crippen molar-refractivity contribution in [2.45, 2.75) is 48.8 Å². The first-order valence-corrected chi connectivity index (χ1v) is 12.9. The quantitative estimate of drug-likeness (QED) is 0.597. The molecule has 1 saturated carbocycles. The van der Waals surface area contributed by atoms with Gasteiger partial charge in [-0.25, -0.2) is 12.8 Å². The Morgan fingerprint density at radius 3 is 2.46 bits per heavy atom. The van der Waals surface area contributed by atoms with Crippen LogP contribution in [0, 0.1) is 11.7 Å². The summed E-state index contributed by atoms with van der Waals surface area (Å²) in [7, 11) is -3.60. The van der Waals surface area contributed by atoms with Gasteiger partial charge in [0.05, 0.1) is 22.1 Å². The fraction of sp³-hybridized carbons (Fsp3) is 0.435. The van der Waals surface area contributed by atoms with Crippen molar-refractivity contribution in [1.29, 1.82) is 0 Å². The van der Waals surface area contributed by atoms with Gasteiger partial charge in [0.1, 0.15) is 11.9 Å². The van der Waals surface area contributed by atoms with Crippen molar-refractivity contribution in [2.24, 2.45) is 5.92 Å². The smallest absolute Gasteiger partial charge is 0.347 e. The van der Waals surface area contributed by atoms with Crippen LogP contribution in [0.15, 0.2) is 41.6 Å². The summed E-state index contributed by atoms with van der Waals surface area (Å²) in [5.41, 5.74) is -1.13. The molecule has 0 radical (unpaired) electrons. The molecule has 188 valence electrons. The van der Waals surface area contributed by atoms with E-state index in [-0.39, 0.29) is 28.5 Å². The highest BCUT2D eigenvalue weighted by molar-refractivity contribution is 7.90. The van der Waals surface area contributed by atoms with Crippen LogP contribution in [-0.4, -0.2) is 49.0 Å². The van der Waals surface area contributed by atoms with E-state index in [9.17, 15) is 35.6 Å². The number of nitrogens with zero attached hydrogens (tertiary/aromatic N) is 2. The maximum absolute atomic E-state index is 14.6. The first-order valence-electron chi connectivity index (χ1n) is 11.0. The zero-order valence-electron chi connectivity index (χ0n) is 18.7. The molecule has 2 atom stereocenters. The molecule has 35 heavy (non-hydrogen) atoms. The molecule has 2 aliphatic rings. The molecule has 7 nitrogen and oxygen atoms in total. The molecule has 2 aromatic rings. The minimum absolute atomic E-state index is 0.0140. The second kappa shape index (κ2) is 9.21. The Hall–Kier alpha value is -3.02. The zero-order chi connectivity index (χ0) is 25.5. The van der Waals surface area contributed by atoms with Crippen LogP contribution in [-0.2, 0) is 20.8 Å². The zero-order valence-corrected chi connectivity index (χ0v) is 19.5. The second-order valence-electron chi connectivity index (χ2n) is 8.90. The maximum Gasteiger partial charge on any atom is 0.416 e. The molecule has 4 rings (SSSR count). The summed E-state index contributed by atoms with van der Waals surface area (Å²) in [5.74, 6) is -2.28. The summed E-state index contributed by atoms with van der Waals surface area (Å²) in [5, 5.41) is 2.74. The van der Waals surface area contributed by atoms with Crippen LogP contribution >= 0.6 is 0 Å². The summed E-state index contributed by atoms with van der Waals surface area (Å²) in [6.07, 6.45) is 0.864. The molecule has 1 aromatic heterocycles. The highest BCUT2D eigenvalue weighted by Gasteiger charge is 2.40. The molecule has 0 spiro atoms. The molecular weight excluding hydrogens is 490 g/mol. The Kier molecular flexibility index (Phi) is 6.60. The van der Waals surface area contributed by atoms with Crippen LogP contribution in [0.4, 0.5) is 17.6 Å². The summed E-state index contributed by atoms with van der Waals surface area (Å²) < 4.78 is 77.0. The highest BCUT2D eigenvalue weighted by Crippen LogP contribution is 2.43. The van der Waals surface area contributed by atoms with E-state index in [2.05, 4.69) is 10.3 Å². The summed E-state index contributed by atoms with van der Waals surface area (Å²) in [4.78, 5) is 31.2. The van der Waals surface area contributed by atoms with Crippen LogP contribution in [0.3, 0.4) is 0 Å². The fourth-order valence-electron chi connectivity index (χ4n) is 4.27. The molecule has 1 aliphatic heterocycles. The van der Waals surface area contributed by atoms with E-state index in [1.807, 2.05) is 0 Å². The highest BCUT2D eigenvalue weighted by atomic mass is 32.2. The lowest BCUT2D eigenvalue weighted by molar-refractivity contribution is -0.137. The molecule has 1 aliphatic carbocycles. The first-order chi connectivity index (χ1) is 16.4. The molecule has 1 aromatic carbocycles. The standard InChI is InChI=1S/C23H23F4N3O4S/c1-35(33,34)16-9-14(11-28-12-16)22(32)30-8-2-3-19(30)21(31)29-20(13-4-5-13)17-7-6-15(10-18(17)24)23(25,26)27/h6-7,9-13,19-20H,2-5,8H2,1H3,(H,29,31)/t19-,20-/m1/s1. The van der Waals surface area contributed by atoms with Gasteiger partial charge in [0.25, 0.3) is 5.91 Å². The lowest BCUT2D eigenvalue weighted by Gasteiger charge is -2.27. The topological polar surface area (TPSA) is 96.4 Å². The number of carbonyl (C=O) groups excluding carboxylic acids is 2. The van der Waals surface area contributed by atoms with Gasteiger partial charge < -0.3 is 10.2 Å². The average molecular weight is 514 g/mol. The number of sulfone groups is 1. The number of halogens is 4. The second-order valence-corrected chi connectivity index (χ2v) is 10.9. The van der Waals surface area contributed by atoms with E-state index in [4.69, 9.17) is 0 Å². The Balaban J connectivity index is 1.54. The predicted octanol–water partition coefficient (Wildman–Crippen LogP) is 3.52. The lowest BCUT2D eigenvalue weighted by Crippen LogP contribution is -2.47. The van der Waals surface area contributed by atoms with Crippen LogP contribution in [0.2, 0.25) is 0 Å². The van der Waals surface area contributed by atoms with Crippen molar-refractivity contribution in [1.82, 2.24) is 15.2 Å². The SMILES string of the molecule is CS(=O)(=O)c1cncc(C(=O)N2CCC[C@@H]2C(=O)N[C@@H](c2ccc(C(F)(F)F)cc2F)C2CC2)c1. The minimum Gasteiger partial charge on any atom is -0.347 e. The largest absolute Gasteiger partial charge is 0.416 e. The van der Waals surface area contributed by atoms with E-state index < -0.39 is 51.3 Å². The average Bonchev–Trinajstić information content (AvgIpc) is 3.51. The van der Waals surface area contributed by atoms with Crippen molar-refractivity contribution in [3.63, 3.8) is 0 Å². The van der Waals surface area contributed by atoms with Crippen LogP contribution < -0.4 is 5.32 Å². The minimum atomic E-state index is -4.69. The number of hydrogen-bond acceptors (Lipinski definition) is 5. The first kappa shape index (κ1) is 25.1. The Labute approximate surface area is 199 Å². The third kappa shape index (κ3) is 5.47. The maximum atomic E-state index is 14.6. The number of aromatic nitrogens is 1. The number of benzene rings is 1. The molecule has 2 fully saturated rings. The Morgan fingerprint density at radius 1 is 1.14 bits per heavy atom. The number of rotatable bonds is 6. The molecule has 1 saturated heterocycles. The summed E-state index contributed by atoms with van der Waals surface area (Å²) in [6.45, 7) is 0.253. The van der Waals surface area contributed by atoms with Crippen molar-refractivity contribution >= 4 is 21.7 Å². The molecular formula is C23H23F4N3O4S. The van der Waals surface area contributed by atoms with Crippen molar-refractivity contribution in [3.05, 3.63) is 59.2 Å². The number of hydrogen-bond donors (Lipinski definition) is 1. The molecule has 0 bridgehead atoms. The van der Waals surface area contributed by atoms with Gasteiger partial charge in [-0.2, -0.15) is 13.2 Å². The van der Waals surface area contributed by atoms with Gasteiger partial charge in [0.2, 0.25) is 5.91 Å². The third-order valence-electron chi connectivity index (χ3n) is 6.26. The van der Waals surface area contributed by atoms with Gasteiger partial charge in [0.15, 0.2) is 9.84 Å². The number of pyridine rings is 1. The normalized spacial score (nSPS) is 19.5. The third-order valence-corrected chi connectivity index (χ3v) is 7.34. The van der Waals surface area contributed by atoms with Crippen LogP contribution in [0.25, 0.3) is 0 Å². The molecule has 2 amide bonds.